The summed E-state index contributed by atoms with van der Waals surface area (Å²) >= 11 is 0. The van der Waals surface area contributed by atoms with Crippen molar-refractivity contribution in [3.8, 4) is 0 Å². The molecule has 0 nitrogen and oxygen atoms in total. The topological polar surface area (TPSA) is 0 Å². The molecule has 0 aromatic carbocycles. The summed E-state index contributed by atoms with van der Waals surface area (Å²) in [5.41, 5.74) is 0. The molecule has 2 aliphatic carbocycles. The Morgan fingerprint density at radius 3 is 1.62 bits per heavy atom. The molecule has 2 aliphatic rings. The first-order valence-corrected chi connectivity index (χ1v) is 5.77. The summed E-state index contributed by atoms with van der Waals surface area (Å²) in [4.78, 5) is 0. The van der Waals surface area contributed by atoms with Gasteiger partial charge in [0.05, 0.1) is 0 Å². The van der Waals surface area contributed by atoms with Crippen molar-refractivity contribution in [1.29, 1.82) is 0 Å². The largest absolute Gasteiger partial charge is 0.0885 e. The maximum absolute atomic E-state index is 2.38. The van der Waals surface area contributed by atoms with E-state index in [1.807, 2.05) is 0 Å². The minimum Gasteiger partial charge on any atom is -0.0885 e. The maximum Gasteiger partial charge on any atom is -0.0316 e. The van der Waals surface area contributed by atoms with E-state index in [1.54, 1.807) is 0 Å². The van der Waals surface area contributed by atoms with Crippen LogP contribution in [0.5, 0.6) is 0 Å². The zero-order valence-corrected chi connectivity index (χ0v) is 8.41. The lowest BCUT2D eigenvalue weighted by Gasteiger charge is -1.97. The Hall–Kier alpha value is -0.520. The fraction of sp³-hybridized carbons (Fsp3) is 0.692. The van der Waals surface area contributed by atoms with E-state index in [9.17, 15) is 0 Å². The van der Waals surface area contributed by atoms with Crippen LogP contribution in [0.4, 0.5) is 0 Å². The Bertz CT molecular complexity index is 178. The van der Waals surface area contributed by atoms with Crippen molar-refractivity contribution in [1.82, 2.24) is 0 Å². The summed E-state index contributed by atoms with van der Waals surface area (Å²) in [6, 6.07) is 0. The van der Waals surface area contributed by atoms with Gasteiger partial charge in [-0.15, -0.1) is 0 Å². The fourth-order valence-corrected chi connectivity index (χ4v) is 2.30. The van der Waals surface area contributed by atoms with Crippen molar-refractivity contribution in [3.63, 3.8) is 0 Å². The molecule has 0 amide bonds. The van der Waals surface area contributed by atoms with Crippen molar-refractivity contribution in [2.75, 3.05) is 0 Å². The van der Waals surface area contributed by atoms with Crippen LogP contribution in [0.2, 0.25) is 0 Å². The van der Waals surface area contributed by atoms with Gasteiger partial charge in [0.25, 0.3) is 0 Å². The minimum atomic E-state index is 1.08. The molecular weight excluding hydrogens is 156 g/mol. The van der Waals surface area contributed by atoms with Gasteiger partial charge in [-0.3, -0.25) is 0 Å². The molecule has 0 bridgehead atoms. The lowest BCUT2D eigenvalue weighted by Crippen LogP contribution is -1.83. The fourth-order valence-electron chi connectivity index (χ4n) is 2.30. The van der Waals surface area contributed by atoms with Crippen LogP contribution < -0.4 is 0 Å². The minimum absolute atomic E-state index is 1.08. The van der Waals surface area contributed by atoms with Gasteiger partial charge >= 0.3 is 0 Å². The third kappa shape index (κ3) is 3.02. The number of rotatable bonds is 0. The zero-order valence-electron chi connectivity index (χ0n) is 8.41. The van der Waals surface area contributed by atoms with Crippen molar-refractivity contribution < 1.29 is 0 Å². The standard InChI is InChI=1S/C13H20/c1-2-4-6-8-10-13-11-12(13)9-7-5-3-1/h3-6,12-13H,1-2,7-11H2/b5-3-,6-4-/t12-,13+. The molecule has 0 aromatic heterocycles. The summed E-state index contributed by atoms with van der Waals surface area (Å²) in [6.07, 6.45) is 19.0. The van der Waals surface area contributed by atoms with Gasteiger partial charge < -0.3 is 0 Å². The predicted octanol–water partition coefficient (Wildman–Crippen LogP) is 4.09. The molecule has 72 valence electrons. The summed E-state index contributed by atoms with van der Waals surface area (Å²) in [6.45, 7) is 0. The lowest BCUT2D eigenvalue weighted by atomic mass is 10.1. The van der Waals surface area contributed by atoms with E-state index >= 15 is 0 Å². The average Bonchev–Trinajstić information content (AvgIpc) is 2.83. The second-order valence-electron chi connectivity index (χ2n) is 4.43. The van der Waals surface area contributed by atoms with E-state index in [2.05, 4.69) is 24.3 Å². The third-order valence-corrected chi connectivity index (χ3v) is 3.31. The van der Waals surface area contributed by atoms with Crippen LogP contribution in [0.1, 0.15) is 44.9 Å². The Kier molecular flexibility index (Phi) is 3.23. The molecule has 13 heavy (non-hydrogen) atoms. The molecule has 0 N–H and O–H groups in total. The van der Waals surface area contributed by atoms with Crippen molar-refractivity contribution in [3.05, 3.63) is 24.3 Å². The van der Waals surface area contributed by atoms with Crippen LogP contribution in [-0.4, -0.2) is 0 Å². The highest BCUT2D eigenvalue weighted by Gasteiger charge is 2.34. The van der Waals surface area contributed by atoms with Crippen molar-refractivity contribution in [2.45, 2.75) is 44.9 Å². The molecule has 2 atom stereocenters. The van der Waals surface area contributed by atoms with Crippen LogP contribution in [0.3, 0.4) is 0 Å². The molecule has 0 unspecified atom stereocenters. The van der Waals surface area contributed by atoms with Crippen molar-refractivity contribution in [2.24, 2.45) is 11.8 Å². The zero-order chi connectivity index (χ0) is 8.93. The van der Waals surface area contributed by atoms with Crippen LogP contribution in [-0.2, 0) is 0 Å². The summed E-state index contributed by atoms with van der Waals surface area (Å²) in [5, 5.41) is 0. The maximum atomic E-state index is 2.38. The molecular formula is C13H20. The number of allylic oxidation sites excluding steroid dienone is 4. The first kappa shape index (κ1) is 9.05. The smallest absolute Gasteiger partial charge is 0.0316 e. The molecule has 0 heteroatoms. The quantitative estimate of drug-likeness (QED) is 0.488. The number of hydrogen-bond acceptors (Lipinski definition) is 0. The first-order chi connectivity index (χ1) is 6.47. The molecule has 0 radical (unpaired) electrons. The monoisotopic (exact) mass is 176 g/mol. The second-order valence-corrected chi connectivity index (χ2v) is 4.43. The SMILES string of the molecule is C1=C\CC[C@@H]2C[C@@H]2CC/C=C\CC/1. The molecule has 0 aliphatic heterocycles. The Labute approximate surface area is 81.7 Å². The molecule has 2 rings (SSSR count). The van der Waals surface area contributed by atoms with Gasteiger partial charge in [0, 0.05) is 0 Å². The van der Waals surface area contributed by atoms with Crippen LogP contribution in [0.25, 0.3) is 0 Å². The van der Waals surface area contributed by atoms with Gasteiger partial charge in [-0.2, -0.15) is 0 Å². The summed E-state index contributed by atoms with van der Waals surface area (Å²) in [7, 11) is 0. The average molecular weight is 176 g/mol. The van der Waals surface area contributed by atoms with Crippen LogP contribution in [0, 0.1) is 11.8 Å². The van der Waals surface area contributed by atoms with E-state index < -0.39 is 0 Å². The van der Waals surface area contributed by atoms with E-state index in [0.717, 1.165) is 11.8 Å². The van der Waals surface area contributed by atoms with E-state index in [4.69, 9.17) is 0 Å². The normalized spacial score (nSPS) is 39.4. The van der Waals surface area contributed by atoms with Crippen molar-refractivity contribution >= 4 is 0 Å². The lowest BCUT2D eigenvalue weighted by molar-refractivity contribution is 0.616. The van der Waals surface area contributed by atoms with E-state index in [-0.39, 0.29) is 0 Å². The van der Waals surface area contributed by atoms with E-state index in [1.165, 1.54) is 44.9 Å². The van der Waals surface area contributed by atoms with Gasteiger partial charge in [0.2, 0.25) is 0 Å². The van der Waals surface area contributed by atoms with Crippen LogP contribution in [0.15, 0.2) is 24.3 Å². The van der Waals surface area contributed by atoms with Gasteiger partial charge in [0.15, 0.2) is 0 Å². The van der Waals surface area contributed by atoms with Gasteiger partial charge in [-0.1, -0.05) is 24.3 Å². The molecule has 0 spiro atoms. The highest BCUT2D eigenvalue weighted by molar-refractivity contribution is 4.94. The second kappa shape index (κ2) is 4.64. The first-order valence-electron chi connectivity index (χ1n) is 5.77. The van der Waals surface area contributed by atoms with Gasteiger partial charge in [0.1, 0.15) is 0 Å². The van der Waals surface area contributed by atoms with E-state index in [0.29, 0.717) is 0 Å². The molecule has 1 fully saturated rings. The highest BCUT2D eigenvalue weighted by Crippen LogP contribution is 2.45. The highest BCUT2D eigenvalue weighted by atomic mass is 14.4. The molecule has 0 heterocycles. The van der Waals surface area contributed by atoms with Gasteiger partial charge in [-0.25, -0.2) is 0 Å². The summed E-state index contributed by atoms with van der Waals surface area (Å²) in [5.74, 6) is 2.16. The number of fused-ring (bicyclic) bond motifs is 1. The third-order valence-electron chi connectivity index (χ3n) is 3.31. The molecule has 0 saturated heterocycles. The predicted molar refractivity (Wildman–Crippen MR) is 57.6 cm³/mol. The summed E-state index contributed by atoms with van der Waals surface area (Å²) < 4.78 is 0. The Morgan fingerprint density at radius 1 is 0.615 bits per heavy atom. The number of hydrogen-bond donors (Lipinski definition) is 0. The Morgan fingerprint density at radius 2 is 1.08 bits per heavy atom. The van der Waals surface area contributed by atoms with Gasteiger partial charge in [-0.05, 0) is 56.8 Å². The Balaban J connectivity index is 1.80. The molecule has 1 saturated carbocycles. The molecule has 0 aromatic rings. The van der Waals surface area contributed by atoms with Crippen LogP contribution >= 0.6 is 0 Å².